The predicted octanol–water partition coefficient (Wildman–Crippen LogP) is 5.15. The number of aromatic nitrogens is 1. The van der Waals surface area contributed by atoms with Crippen LogP contribution in [0.2, 0.25) is 5.02 Å². The molecule has 0 unspecified atom stereocenters. The first-order valence-electron chi connectivity index (χ1n) is 7.72. The number of nitrogens with one attached hydrogen (secondary N) is 1. The molecule has 126 valence electrons. The molecule has 2 heterocycles. The van der Waals surface area contributed by atoms with E-state index < -0.39 is 5.56 Å². The quantitative estimate of drug-likeness (QED) is 0.506. The summed E-state index contributed by atoms with van der Waals surface area (Å²) >= 11 is 7.56. The standard InChI is InChI=1S/C20H11ClN2O2S/c21-16-4-2-1-3-13(16)11-5-7-12(8-6-11)15-10-26-20-17(15)18(24)14(9-22)19(25)23-20/h1-8,10H,(H2,23,24,25). The van der Waals surface area contributed by atoms with Gasteiger partial charge in [0.2, 0.25) is 0 Å². The van der Waals surface area contributed by atoms with Crippen molar-refractivity contribution >= 4 is 33.2 Å². The summed E-state index contributed by atoms with van der Waals surface area (Å²) < 4.78 is 0. The molecule has 0 saturated heterocycles. The molecule has 2 N–H and O–H groups in total. The summed E-state index contributed by atoms with van der Waals surface area (Å²) in [6.07, 6.45) is 0. The molecule has 0 amide bonds. The number of thiophene rings is 1. The van der Waals surface area contributed by atoms with E-state index >= 15 is 0 Å². The maximum atomic E-state index is 11.8. The zero-order valence-corrected chi connectivity index (χ0v) is 14.9. The molecule has 0 saturated carbocycles. The number of pyridine rings is 1. The largest absolute Gasteiger partial charge is 0.506 e. The summed E-state index contributed by atoms with van der Waals surface area (Å²) in [5, 5.41) is 22.5. The fraction of sp³-hybridized carbons (Fsp3) is 0. The molecule has 0 aliphatic heterocycles. The van der Waals surface area contributed by atoms with E-state index in [0.29, 0.717) is 15.2 Å². The van der Waals surface area contributed by atoms with Crippen LogP contribution in [0.3, 0.4) is 0 Å². The summed E-state index contributed by atoms with van der Waals surface area (Å²) in [7, 11) is 0. The van der Waals surface area contributed by atoms with Gasteiger partial charge in [-0.05, 0) is 17.2 Å². The minimum absolute atomic E-state index is 0.273. The molecule has 0 aliphatic rings. The fourth-order valence-corrected chi connectivity index (χ4v) is 4.13. The van der Waals surface area contributed by atoms with Gasteiger partial charge in [0, 0.05) is 21.5 Å². The lowest BCUT2D eigenvalue weighted by Crippen LogP contribution is -2.09. The van der Waals surface area contributed by atoms with Crippen molar-refractivity contribution in [2.45, 2.75) is 0 Å². The van der Waals surface area contributed by atoms with Crippen molar-refractivity contribution in [3.05, 3.63) is 74.9 Å². The van der Waals surface area contributed by atoms with Gasteiger partial charge in [-0.25, -0.2) is 0 Å². The number of benzene rings is 2. The van der Waals surface area contributed by atoms with Gasteiger partial charge in [0.05, 0.1) is 5.39 Å². The molecule has 2 aromatic carbocycles. The molecule has 6 heteroatoms. The molecule has 2 aromatic heterocycles. The van der Waals surface area contributed by atoms with Crippen molar-refractivity contribution in [1.29, 1.82) is 5.26 Å². The number of aromatic hydroxyl groups is 1. The maximum Gasteiger partial charge on any atom is 0.270 e. The lowest BCUT2D eigenvalue weighted by atomic mass is 9.99. The highest BCUT2D eigenvalue weighted by molar-refractivity contribution is 7.17. The van der Waals surface area contributed by atoms with Crippen LogP contribution in [0.25, 0.3) is 32.5 Å². The molecular weight excluding hydrogens is 368 g/mol. The third-order valence-corrected chi connectivity index (χ3v) is 5.44. The minimum atomic E-state index is -0.583. The summed E-state index contributed by atoms with van der Waals surface area (Å²) in [6.45, 7) is 0. The number of fused-ring (bicyclic) bond motifs is 1. The number of rotatable bonds is 2. The number of halogens is 1. The fourth-order valence-electron chi connectivity index (χ4n) is 2.92. The van der Waals surface area contributed by atoms with Gasteiger partial charge in [-0.1, -0.05) is 54.1 Å². The Balaban J connectivity index is 1.86. The number of nitrogens with zero attached hydrogens (tertiary/aromatic N) is 1. The first kappa shape index (κ1) is 16.4. The molecule has 4 nitrogen and oxygen atoms in total. The Morgan fingerprint density at radius 2 is 1.69 bits per heavy atom. The molecule has 0 radical (unpaired) electrons. The number of hydrogen-bond donors (Lipinski definition) is 2. The predicted molar refractivity (Wildman–Crippen MR) is 105 cm³/mol. The average molecular weight is 379 g/mol. The van der Waals surface area contributed by atoms with Gasteiger partial charge in [0.25, 0.3) is 5.56 Å². The number of hydrogen-bond acceptors (Lipinski definition) is 4. The third-order valence-electron chi connectivity index (χ3n) is 4.21. The highest BCUT2D eigenvalue weighted by Crippen LogP contribution is 2.39. The Labute approximate surface area is 157 Å². The third kappa shape index (κ3) is 2.57. The van der Waals surface area contributed by atoms with E-state index in [1.54, 1.807) is 6.07 Å². The van der Waals surface area contributed by atoms with E-state index in [1.807, 2.05) is 53.9 Å². The first-order valence-corrected chi connectivity index (χ1v) is 8.98. The van der Waals surface area contributed by atoms with Crippen molar-refractivity contribution in [2.24, 2.45) is 0 Å². The van der Waals surface area contributed by atoms with E-state index in [9.17, 15) is 9.90 Å². The SMILES string of the molecule is N#Cc1c(O)c2c(-c3ccc(-c4ccccc4Cl)cc3)csc2[nH]c1=O. The van der Waals surface area contributed by atoms with Gasteiger partial charge in [0.1, 0.15) is 16.6 Å². The molecule has 0 bridgehead atoms. The topological polar surface area (TPSA) is 76.9 Å². The van der Waals surface area contributed by atoms with Crippen LogP contribution in [0.5, 0.6) is 5.75 Å². The summed E-state index contributed by atoms with van der Waals surface area (Å²) in [5.41, 5.74) is 2.70. The first-order chi connectivity index (χ1) is 12.6. The molecule has 0 aliphatic carbocycles. The van der Waals surface area contributed by atoms with Crippen molar-refractivity contribution in [2.75, 3.05) is 0 Å². The van der Waals surface area contributed by atoms with Gasteiger partial charge in [-0.2, -0.15) is 5.26 Å². The molecule has 0 fully saturated rings. The van der Waals surface area contributed by atoms with Crippen LogP contribution in [0, 0.1) is 11.3 Å². The van der Waals surface area contributed by atoms with E-state index in [1.165, 1.54) is 11.3 Å². The van der Waals surface area contributed by atoms with Crippen molar-refractivity contribution in [3.63, 3.8) is 0 Å². The van der Waals surface area contributed by atoms with Crippen LogP contribution < -0.4 is 5.56 Å². The molecule has 26 heavy (non-hydrogen) atoms. The van der Waals surface area contributed by atoms with Crippen LogP contribution in [0.1, 0.15) is 5.56 Å². The second-order valence-electron chi connectivity index (χ2n) is 5.70. The normalized spacial score (nSPS) is 10.8. The zero-order valence-electron chi connectivity index (χ0n) is 13.3. The van der Waals surface area contributed by atoms with Gasteiger partial charge < -0.3 is 10.1 Å². The van der Waals surface area contributed by atoms with Gasteiger partial charge in [0.15, 0.2) is 5.56 Å². The smallest absolute Gasteiger partial charge is 0.270 e. The van der Waals surface area contributed by atoms with Gasteiger partial charge in [-0.15, -0.1) is 11.3 Å². The van der Waals surface area contributed by atoms with E-state index in [-0.39, 0.29) is 11.3 Å². The van der Waals surface area contributed by atoms with Gasteiger partial charge in [-0.3, -0.25) is 4.79 Å². The molecule has 4 rings (SSSR count). The lowest BCUT2D eigenvalue weighted by molar-refractivity contribution is 0.479. The van der Waals surface area contributed by atoms with Crippen molar-refractivity contribution in [3.8, 4) is 34.1 Å². The Morgan fingerprint density at radius 1 is 1.04 bits per heavy atom. The van der Waals surface area contributed by atoms with E-state index in [2.05, 4.69) is 4.98 Å². The Kier molecular flexibility index (Phi) is 4.00. The highest BCUT2D eigenvalue weighted by atomic mass is 35.5. The van der Waals surface area contributed by atoms with Crippen molar-refractivity contribution in [1.82, 2.24) is 4.98 Å². The zero-order chi connectivity index (χ0) is 18.3. The highest BCUT2D eigenvalue weighted by Gasteiger charge is 2.17. The average Bonchev–Trinajstić information content (AvgIpc) is 3.06. The monoisotopic (exact) mass is 378 g/mol. The van der Waals surface area contributed by atoms with Crippen LogP contribution >= 0.6 is 22.9 Å². The number of aromatic amines is 1. The molecule has 4 aromatic rings. The Morgan fingerprint density at radius 3 is 2.35 bits per heavy atom. The Bertz CT molecular complexity index is 1230. The minimum Gasteiger partial charge on any atom is -0.506 e. The van der Waals surface area contributed by atoms with E-state index in [0.717, 1.165) is 22.3 Å². The second kappa shape index (κ2) is 6.34. The molecular formula is C20H11ClN2O2S. The van der Waals surface area contributed by atoms with Crippen LogP contribution in [0.4, 0.5) is 0 Å². The van der Waals surface area contributed by atoms with Crippen LogP contribution in [-0.2, 0) is 0 Å². The Hall–Kier alpha value is -3.07. The van der Waals surface area contributed by atoms with Crippen LogP contribution in [0.15, 0.2) is 58.7 Å². The second-order valence-corrected chi connectivity index (χ2v) is 6.99. The lowest BCUT2D eigenvalue weighted by Gasteiger charge is -2.07. The molecule has 0 spiro atoms. The molecule has 0 atom stereocenters. The van der Waals surface area contributed by atoms with Crippen molar-refractivity contribution < 1.29 is 5.11 Å². The maximum absolute atomic E-state index is 11.8. The van der Waals surface area contributed by atoms with Crippen LogP contribution in [-0.4, -0.2) is 10.1 Å². The summed E-state index contributed by atoms with van der Waals surface area (Å²) in [4.78, 5) is 15.0. The number of H-pyrrole nitrogens is 1. The number of nitriles is 1. The van der Waals surface area contributed by atoms with Gasteiger partial charge >= 0.3 is 0 Å². The summed E-state index contributed by atoms with van der Waals surface area (Å²) in [6, 6.07) is 17.1. The van der Waals surface area contributed by atoms with E-state index in [4.69, 9.17) is 16.9 Å². The summed E-state index contributed by atoms with van der Waals surface area (Å²) in [5.74, 6) is -0.280.